The van der Waals surface area contributed by atoms with Crippen LogP contribution < -0.4 is 9.92 Å². The lowest BCUT2D eigenvalue weighted by atomic mass is 10.1. The molecule has 0 bridgehead atoms. The molecule has 23 heavy (non-hydrogen) atoms. The normalized spacial score (nSPS) is 12.4. The van der Waals surface area contributed by atoms with Crippen LogP contribution in [-0.4, -0.2) is 20.9 Å². The van der Waals surface area contributed by atoms with E-state index in [4.69, 9.17) is 14.7 Å². The van der Waals surface area contributed by atoms with Crippen molar-refractivity contribution in [2.45, 2.75) is 17.9 Å². The summed E-state index contributed by atoms with van der Waals surface area (Å²) in [5.74, 6) is -0.274. The maximum Gasteiger partial charge on any atom is 0.339 e. The lowest BCUT2D eigenvalue weighted by molar-refractivity contribution is -0.146. The van der Waals surface area contributed by atoms with E-state index in [-0.39, 0.29) is 17.2 Å². The van der Waals surface area contributed by atoms with Crippen molar-refractivity contribution in [3.8, 4) is 5.75 Å². The van der Waals surface area contributed by atoms with Gasteiger partial charge in [0.1, 0.15) is 16.7 Å². The quantitative estimate of drug-likeness (QED) is 0.641. The van der Waals surface area contributed by atoms with Gasteiger partial charge in [0, 0.05) is 13.5 Å². The first-order valence-electron chi connectivity index (χ1n) is 6.89. The van der Waals surface area contributed by atoms with E-state index in [2.05, 4.69) is 0 Å². The predicted molar refractivity (Wildman–Crippen MR) is 84.3 cm³/mol. The van der Waals surface area contributed by atoms with E-state index in [1.165, 1.54) is 31.2 Å². The monoisotopic (exact) mass is 335 g/mol. The summed E-state index contributed by atoms with van der Waals surface area (Å²) >= 11 is 0. The number of esters is 1. The summed E-state index contributed by atoms with van der Waals surface area (Å²) in [4.78, 5) is 11.1. The van der Waals surface area contributed by atoms with E-state index >= 15 is 0 Å². The van der Waals surface area contributed by atoms with Crippen LogP contribution in [0.1, 0.15) is 18.6 Å². The molecular formula is C16H17NO5S. The van der Waals surface area contributed by atoms with Crippen molar-refractivity contribution in [3.63, 3.8) is 0 Å². The first-order valence-corrected chi connectivity index (χ1v) is 8.30. The van der Waals surface area contributed by atoms with Gasteiger partial charge in [-0.3, -0.25) is 4.79 Å². The molecule has 0 fully saturated rings. The Morgan fingerprint density at radius 3 is 2.22 bits per heavy atom. The van der Waals surface area contributed by atoms with Gasteiger partial charge in [0.05, 0.1) is 0 Å². The second-order valence-electron chi connectivity index (χ2n) is 4.75. The third-order valence-electron chi connectivity index (χ3n) is 3.01. The van der Waals surface area contributed by atoms with Gasteiger partial charge in [-0.1, -0.05) is 30.3 Å². The minimum atomic E-state index is -3.88. The van der Waals surface area contributed by atoms with Crippen molar-refractivity contribution in [2.24, 2.45) is 5.73 Å². The second-order valence-corrected chi connectivity index (χ2v) is 6.30. The number of hydrogen-bond donors (Lipinski definition) is 1. The molecule has 0 aliphatic rings. The molecule has 0 amide bonds. The molecule has 1 unspecified atom stereocenters. The van der Waals surface area contributed by atoms with Crippen LogP contribution in [0, 0.1) is 0 Å². The van der Waals surface area contributed by atoms with Crippen LogP contribution in [0.3, 0.4) is 0 Å². The fourth-order valence-corrected chi connectivity index (χ4v) is 2.90. The maximum atomic E-state index is 12.1. The molecule has 0 aliphatic heterocycles. The van der Waals surface area contributed by atoms with Crippen molar-refractivity contribution in [3.05, 3.63) is 60.2 Å². The lowest BCUT2D eigenvalue weighted by Gasteiger charge is -2.15. The van der Waals surface area contributed by atoms with E-state index in [1.54, 1.807) is 30.3 Å². The Kier molecular flexibility index (Phi) is 5.36. The van der Waals surface area contributed by atoms with Gasteiger partial charge < -0.3 is 14.7 Å². The van der Waals surface area contributed by atoms with E-state index in [9.17, 15) is 13.2 Å². The van der Waals surface area contributed by atoms with Gasteiger partial charge in [-0.25, -0.2) is 0 Å². The Balaban J connectivity index is 2.15. The van der Waals surface area contributed by atoms with Gasteiger partial charge in [0.15, 0.2) is 0 Å². The van der Waals surface area contributed by atoms with Crippen LogP contribution >= 0.6 is 0 Å². The molecule has 0 saturated carbocycles. The lowest BCUT2D eigenvalue weighted by Crippen LogP contribution is -2.18. The van der Waals surface area contributed by atoms with Crippen molar-refractivity contribution in [1.29, 1.82) is 0 Å². The summed E-state index contributed by atoms with van der Waals surface area (Å²) in [5.41, 5.74) is 6.22. The number of ether oxygens (including phenoxy) is 1. The van der Waals surface area contributed by atoms with Crippen LogP contribution in [0.2, 0.25) is 0 Å². The second kappa shape index (κ2) is 7.26. The summed E-state index contributed by atoms with van der Waals surface area (Å²) in [6.45, 7) is 1.43. The molecule has 0 aliphatic carbocycles. The fourth-order valence-electron chi connectivity index (χ4n) is 1.95. The Hall–Kier alpha value is -2.38. The number of nitrogens with two attached hydrogens (primary N) is 1. The molecule has 0 aromatic heterocycles. The summed E-state index contributed by atoms with van der Waals surface area (Å²) in [5, 5.41) is 0. The molecule has 2 rings (SSSR count). The third-order valence-corrected chi connectivity index (χ3v) is 4.27. The highest BCUT2D eigenvalue weighted by Crippen LogP contribution is 2.23. The molecule has 0 radical (unpaired) electrons. The standard InChI is InChI=1S/C16H17NO5S/c1-12(18)21-16(11-17)13-7-9-14(10-8-13)22-23(19,20)15-5-3-2-4-6-15/h2-10,16H,11,17H2,1H3. The van der Waals surface area contributed by atoms with Crippen LogP contribution in [0.5, 0.6) is 5.75 Å². The van der Waals surface area contributed by atoms with Crippen LogP contribution in [0.4, 0.5) is 0 Å². The van der Waals surface area contributed by atoms with E-state index < -0.39 is 22.2 Å². The van der Waals surface area contributed by atoms with Gasteiger partial charge in [0.2, 0.25) is 0 Å². The first-order chi connectivity index (χ1) is 10.9. The molecule has 2 aromatic carbocycles. The molecule has 7 heteroatoms. The molecule has 2 aromatic rings. The van der Waals surface area contributed by atoms with Crippen molar-refractivity contribution in [1.82, 2.24) is 0 Å². The van der Waals surface area contributed by atoms with Gasteiger partial charge in [-0.2, -0.15) is 8.42 Å². The zero-order valence-corrected chi connectivity index (χ0v) is 13.3. The van der Waals surface area contributed by atoms with Gasteiger partial charge in [-0.15, -0.1) is 0 Å². The number of carbonyl (C=O) groups excluding carboxylic acids is 1. The molecule has 0 spiro atoms. The SMILES string of the molecule is CC(=O)OC(CN)c1ccc(OS(=O)(=O)c2ccccc2)cc1. The highest BCUT2D eigenvalue weighted by molar-refractivity contribution is 7.87. The highest BCUT2D eigenvalue weighted by Gasteiger charge is 2.17. The highest BCUT2D eigenvalue weighted by atomic mass is 32.2. The number of rotatable bonds is 6. The Labute approximate surface area is 135 Å². The van der Waals surface area contributed by atoms with Crippen molar-refractivity contribution in [2.75, 3.05) is 6.54 Å². The van der Waals surface area contributed by atoms with Crippen LogP contribution in [-0.2, 0) is 19.6 Å². The summed E-state index contributed by atoms with van der Waals surface area (Å²) < 4.78 is 34.4. The molecule has 0 saturated heterocycles. The summed E-state index contributed by atoms with van der Waals surface area (Å²) in [6, 6.07) is 14.0. The predicted octanol–water partition coefficient (Wildman–Crippen LogP) is 2.02. The van der Waals surface area contributed by atoms with E-state index in [0.717, 1.165) is 0 Å². The topological polar surface area (TPSA) is 95.7 Å². The number of carbonyl (C=O) groups is 1. The largest absolute Gasteiger partial charge is 0.456 e. The molecular weight excluding hydrogens is 318 g/mol. The minimum absolute atomic E-state index is 0.0730. The van der Waals surface area contributed by atoms with Gasteiger partial charge >= 0.3 is 16.1 Å². The molecule has 2 N–H and O–H groups in total. The maximum absolute atomic E-state index is 12.1. The van der Waals surface area contributed by atoms with Crippen molar-refractivity contribution >= 4 is 16.1 Å². The Morgan fingerprint density at radius 2 is 1.70 bits per heavy atom. The van der Waals surface area contributed by atoms with Crippen LogP contribution in [0.25, 0.3) is 0 Å². The van der Waals surface area contributed by atoms with Crippen molar-refractivity contribution < 1.29 is 22.1 Å². The first kappa shape index (κ1) is 17.0. The van der Waals surface area contributed by atoms with E-state index in [1.807, 2.05) is 0 Å². The number of hydrogen-bond acceptors (Lipinski definition) is 6. The smallest absolute Gasteiger partial charge is 0.339 e. The van der Waals surface area contributed by atoms with Gasteiger partial charge in [0.25, 0.3) is 0 Å². The Morgan fingerprint density at radius 1 is 1.09 bits per heavy atom. The number of benzene rings is 2. The molecule has 122 valence electrons. The summed E-state index contributed by atoms with van der Waals surface area (Å²) in [6.07, 6.45) is -0.577. The zero-order chi connectivity index (χ0) is 16.9. The molecule has 0 heterocycles. The minimum Gasteiger partial charge on any atom is -0.456 e. The van der Waals surface area contributed by atoms with Crippen LogP contribution in [0.15, 0.2) is 59.5 Å². The van der Waals surface area contributed by atoms with Gasteiger partial charge in [-0.05, 0) is 29.8 Å². The molecule has 1 atom stereocenters. The summed E-state index contributed by atoms with van der Waals surface area (Å²) in [7, 11) is -3.88. The van der Waals surface area contributed by atoms with E-state index in [0.29, 0.717) is 5.56 Å². The average Bonchev–Trinajstić information content (AvgIpc) is 2.54. The average molecular weight is 335 g/mol. The zero-order valence-electron chi connectivity index (χ0n) is 12.5. The Bertz CT molecular complexity index is 757. The fraction of sp³-hybridized carbons (Fsp3) is 0.188. The molecule has 6 nitrogen and oxygen atoms in total. The third kappa shape index (κ3) is 4.54.